The summed E-state index contributed by atoms with van der Waals surface area (Å²) in [5.41, 5.74) is -0.104. The van der Waals surface area contributed by atoms with E-state index in [2.05, 4.69) is 10.1 Å². The lowest BCUT2D eigenvalue weighted by molar-refractivity contribution is -0.132. The molecule has 1 N–H and O–H groups in total. The van der Waals surface area contributed by atoms with Crippen molar-refractivity contribution in [2.45, 2.75) is 25.9 Å². The van der Waals surface area contributed by atoms with Gasteiger partial charge < -0.3 is 14.5 Å². The fraction of sp³-hybridized carbons (Fsp3) is 0.278. The van der Waals surface area contributed by atoms with Gasteiger partial charge >= 0.3 is 12.0 Å². The van der Waals surface area contributed by atoms with E-state index >= 15 is 0 Å². The third-order valence-corrected chi connectivity index (χ3v) is 4.22. The fourth-order valence-electron chi connectivity index (χ4n) is 2.76. The number of hydrogen-bond donors (Lipinski definition) is 1. The Balaban J connectivity index is 1.80. The van der Waals surface area contributed by atoms with Crippen molar-refractivity contribution in [3.63, 3.8) is 0 Å². The van der Waals surface area contributed by atoms with Gasteiger partial charge in [-0.15, -0.1) is 0 Å². The highest BCUT2D eigenvalue weighted by Crippen LogP contribution is 2.31. The minimum atomic E-state index is -1.22. The van der Waals surface area contributed by atoms with Gasteiger partial charge in [0.15, 0.2) is 5.54 Å². The largest absolute Gasteiger partial charge is 0.465 e. The molecule has 1 atom stereocenters. The molecule has 1 unspecified atom stereocenters. The summed E-state index contributed by atoms with van der Waals surface area (Å²) in [5, 5.41) is 2.69. The van der Waals surface area contributed by atoms with Gasteiger partial charge in [0.1, 0.15) is 11.5 Å². The number of rotatable bonds is 4. The third-order valence-electron chi connectivity index (χ3n) is 4.22. The molecule has 2 heterocycles. The van der Waals surface area contributed by atoms with Crippen LogP contribution in [0.5, 0.6) is 0 Å². The molecule has 1 aromatic heterocycles. The Hall–Kier alpha value is -3.09. The van der Waals surface area contributed by atoms with Crippen LogP contribution in [-0.4, -0.2) is 29.9 Å². The van der Waals surface area contributed by atoms with Crippen LogP contribution in [0.1, 0.15) is 34.4 Å². The molecule has 7 heteroatoms. The fourth-order valence-corrected chi connectivity index (χ4v) is 2.76. The summed E-state index contributed by atoms with van der Waals surface area (Å²) in [6, 6.07) is 9.48. The summed E-state index contributed by atoms with van der Waals surface area (Å²) >= 11 is 0. The molecular weight excluding hydrogens is 324 g/mol. The van der Waals surface area contributed by atoms with Gasteiger partial charge in [-0.1, -0.05) is 12.1 Å². The topological polar surface area (TPSA) is 88.8 Å². The number of methoxy groups -OCH3 is 1. The SMILES string of the molecule is COC(=O)c1ccc(CN2C(=O)NC(C)(c3ccc(C)o3)C2=O)cc1. The maximum atomic E-state index is 12.8. The zero-order valence-corrected chi connectivity index (χ0v) is 14.2. The van der Waals surface area contributed by atoms with E-state index < -0.39 is 17.5 Å². The minimum Gasteiger partial charge on any atom is -0.465 e. The smallest absolute Gasteiger partial charge is 0.337 e. The van der Waals surface area contributed by atoms with Crippen molar-refractivity contribution in [2.75, 3.05) is 7.11 Å². The number of imide groups is 1. The molecule has 3 amide bonds. The molecule has 2 aromatic rings. The van der Waals surface area contributed by atoms with Gasteiger partial charge in [-0.05, 0) is 43.7 Å². The second-order valence-corrected chi connectivity index (χ2v) is 6.05. The third kappa shape index (κ3) is 2.88. The zero-order valence-electron chi connectivity index (χ0n) is 14.2. The monoisotopic (exact) mass is 342 g/mol. The lowest BCUT2D eigenvalue weighted by Crippen LogP contribution is -2.40. The van der Waals surface area contributed by atoms with E-state index in [0.717, 1.165) is 10.5 Å². The molecule has 0 bridgehead atoms. The first-order chi connectivity index (χ1) is 11.8. The predicted molar refractivity (Wildman–Crippen MR) is 87.7 cm³/mol. The number of nitrogens with one attached hydrogen (secondary N) is 1. The highest BCUT2D eigenvalue weighted by atomic mass is 16.5. The summed E-state index contributed by atoms with van der Waals surface area (Å²) < 4.78 is 10.2. The van der Waals surface area contributed by atoms with Gasteiger partial charge in [0, 0.05) is 0 Å². The number of nitrogens with zero attached hydrogens (tertiary/aromatic N) is 1. The molecule has 25 heavy (non-hydrogen) atoms. The molecule has 0 saturated carbocycles. The van der Waals surface area contributed by atoms with Crippen molar-refractivity contribution in [1.29, 1.82) is 0 Å². The first-order valence-electron chi connectivity index (χ1n) is 7.73. The van der Waals surface area contributed by atoms with Crippen LogP contribution in [0.25, 0.3) is 0 Å². The van der Waals surface area contributed by atoms with Crippen LogP contribution in [0.2, 0.25) is 0 Å². The number of urea groups is 1. The van der Waals surface area contributed by atoms with Crippen LogP contribution in [0.3, 0.4) is 0 Å². The number of amides is 3. The van der Waals surface area contributed by atoms with Crippen molar-refractivity contribution in [3.05, 3.63) is 59.0 Å². The zero-order chi connectivity index (χ0) is 18.2. The normalized spacial score (nSPS) is 19.9. The molecule has 1 aliphatic heterocycles. The van der Waals surface area contributed by atoms with Gasteiger partial charge in [0.25, 0.3) is 5.91 Å². The van der Waals surface area contributed by atoms with E-state index in [0.29, 0.717) is 17.1 Å². The molecule has 7 nitrogen and oxygen atoms in total. The Labute approximate surface area is 144 Å². The molecule has 1 saturated heterocycles. The Morgan fingerprint density at radius 1 is 1.20 bits per heavy atom. The lowest BCUT2D eigenvalue weighted by Gasteiger charge is -2.19. The number of ether oxygens (including phenoxy) is 1. The number of aryl methyl sites for hydroxylation is 1. The summed E-state index contributed by atoms with van der Waals surface area (Å²) in [7, 11) is 1.31. The number of esters is 1. The first kappa shape index (κ1) is 16.8. The van der Waals surface area contributed by atoms with Crippen LogP contribution in [-0.2, 0) is 21.6 Å². The van der Waals surface area contributed by atoms with Crippen LogP contribution in [0.15, 0.2) is 40.8 Å². The van der Waals surface area contributed by atoms with Crippen molar-refractivity contribution in [3.8, 4) is 0 Å². The minimum absolute atomic E-state index is 0.0986. The number of hydrogen-bond acceptors (Lipinski definition) is 5. The quantitative estimate of drug-likeness (QED) is 0.680. The van der Waals surface area contributed by atoms with Gasteiger partial charge in [-0.25, -0.2) is 9.59 Å². The Kier molecular flexibility index (Phi) is 4.08. The van der Waals surface area contributed by atoms with E-state index in [4.69, 9.17) is 4.42 Å². The van der Waals surface area contributed by atoms with Crippen molar-refractivity contribution < 1.29 is 23.5 Å². The predicted octanol–water partition coefficient (Wildman–Crippen LogP) is 2.34. The summed E-state index contributed by atoms with van der Waals surface area (Å²) in [6.07, 6.45) is 0. The van der Waals surface area contributed by atoms with Crippen LogP contribution < -0.4 is 5.32 Å². The van der Waals surface area contributed by atoms with Crippen LogP contribution in [0, 0.1) is 6.92 Å². The maximum absolute atomic E-state index is 12.8. The average molecular weight is 342 g/mol. The van der Waals surface area contributed by atoms with Gasteiger partial charge in [0.05, 0.1) is 19.2 Å². The van der Waals surface area contributed by atoms with Gasteiger partial charge in [0.2, 0.25) is 0 Å². The van der Waals surface area contributed by atoms with Crippen molar-refractivity contribution in [1.82, 2.24) is 10.2 Å². The van der Waals surface area contributed by atoms with E-state index in [1.54, 1.807) is 50.2 Å². The maximum Gasteiger partial charge on any atom is 0.337 e. The standard InChI is InChI=1S/C18H18N2O5/c1-11-4-9-14(25-11)18(2)16(22)20(17(23)19-18)10-12-5-7-13(8-6-12)15(21)24-3/h4-9H,10H2,1-3H3,(H,19,23). The van der Waals surface area contributed by atoms with E-state index in [1.807, 2.05) is 0 Å². The van der Waals surface area contributed by atoms with Gasteiger partial charge in [-0.3, -0.25) is 9.69 Å². The molecule has 0 spiro atoms. The number of carbonyl (C=O) groups excluding carboxylic acids is 3. The van der Waals surface area contributed by atoms with Crippen LogP contribution in [0.4, 0.5) is 4.79 Å². The van der Waals surface area contributed by atoms with E-state index in [1.165, 1.54) is 7.11 Å². The molecule has 0 aliphatic carbocycles. The molecule has 0 radical (unpaired) electrons. The summed E-state index contributed by atoms with van der Waals surface area (Å²) in [6.45, 7) is 3.49. The highest BCUT2D eigenvalue weighted by Gasteiger charge is 2.51. The number of benzene rings is 1. The second kappa shape index (κ2) is 6.08. The first-order valence-corrected chi connectivity index (χ1v) is 7.73. The molecule has 3 rings (SSSR count). The number of carbonyl (C=O) groups is 3. The molecule has 1 aromatic carbocycles. The average Bonchev–Trinajstić information content (AvgIpc) is 3.13. The molecular formula is C18H18N2O5. The Morgan fingerprint density at radius 2 is 1.88 bits per heavy atom. The van der Waals surface area contributed by atoms with Gasteiger partial charge in [-0.2, -0.15) is 0 Å². The Bertz CT molecular complexity index is 839. The highest BCUT2D eigenvalue weighted by molar-refractivity contribution is 6.06. The molecule has 1 aliphatic rings. The number of furan rings is 1. The molecule has 130 valence electrons. The second-order valence-electron chi connectivity index (χ2n) is 6.05. The van der Waals surface area contributed by atoms with Crippen molar-refractivity contribution in [2.24, 2.45) is 0 Å². The van der Waals surface area contributed by atoms with Crippen LogP contribution >= 0.6 is 0 Å². The lowest BCUT2D eigenvalue weighted by atomic mass is 9.99. The summed E-state index contributed by atoms with van der Waals surface area (Å²) in [4.78, 5) is 37.7. The summed E-state index contributed by atoms with van der Waals surface area (Å²) in [5.74, 6) is 0.230. The van der Waals surface area contributed by atoms with E-state index in [-0.39, 0.29) is 12.5 Å². The molecule has 1 fully saturated rings. The van der Waals surface area contributed by atoms with E-state index in [9.17, 15) is 14.4 Å². The Morgan fingerprint density at radius 3 is 2.44 bits per heavy atom. The van der Waals surface area contributed by atoms with Crippen molar-refractivity contribution >= 4 is 17.9 Å².